The molecule has 0 aliphatic carbocycles. The van der Waals surface area contributed by atoms with Gasteiger partial charge in [0.1, 0.15) is 16.5 Å². The van der Waals surface area contributed by atoms with E-state index in [1.54, 1.807) is 34.5 Å². The van der Waals surface area contributed by atoms with Gasteiger partial charge in [-0.15, -0.1) is 11.3 Å². The van der Waals surface area contributed by atoms with Gasteiger partial charge in [0.15, 0.2) is 0 Å². The predicted octanol–water partition coefficient (Wildman–Crippen LogP) is 6.73. The quantitative estimate of drug-likeness (QED) is 0.226. The van der Waals surface area contributed by atoms with E-state index in [-0.39, 0.29) is 23.4 Å². The molecule has 238 valence electrons. The largest absolute Gasteiger partial charge is 0.492 e. The van der Waals surface area contributed by atoms with Crippen molar-refractivity contribution >= 4 is 28.8 Å². The molecule has 5 rings (SSSR count). The van der Waals surface area contributed by atoms with E-state index in [2.05, 4.69) is 15.3 Å². The van der Waals surface area contributed by atoms with Gasteiger partial charge in [-0.25, -0.2) is 4.98 Å². The summed E-state index contributed by atoms with van der Waals surface area (Å²) in [4.78, 5) is 38.7. The summed E-state index contributed by atoms with van der Waals surface area (Å²) < 4.78 is 46.6. The second-order valence-electron chi connectivity index (χ2n) is 11.3. The highest BCUT2D eigenvalue weighted by Gasteiger charge is 2.32. The summed E-state index contributed by atoms with van der Waals surface area (Å²) in [7, 11) is 0. The van der Waals surface area contributed by atoms with Gasteiger partial charge in [0.05, 0.1) is 29.1 Å². The molecular formula is C32H33ClF3N5O3S. The smallest absolute Gasteiger partial charge is 0.433 e. The fraction of sp³-hybridized carbons (Fsp3) is 0.375. The standard InChI is InChI=1S/C32H33ClF3N5O3S/c1-5-44-27-8-7-21(33)13-26(27)41-25(12-18(2)3)22(30(42)40-11-10-37-19(4)16-40)14-23(31(41)43)29-39-24(17-45-29)20-6-9-28(38-15-20)32(34,35)36/h6-9,13-15,17-19,37H,5,10-12,16H2,1-4H3/t19-/m0/s1. The molecule has 1 fully saturated rings. The maximum atomic E-state index is 14.5. The monoisotopic (exact) mass is 659 g/mol. The molecule has 8 nitrogen and oxygen atoms in total. The summed E-state index contributed by atoms with van der Waals surface area (Å²) in [6.45, 7) is 9.84. The summed E-state index contributed by atoms with van der Waals surface area (Å²) in [6.07, 6.45) is -3.05. The molecule has 0 saturated carbocycles. The van der Waals surface area contributed by atoms with Crippen LogP contribution in [0.4, 0.5) is 13.2 Å². The first kappa shape index (κ1) is 32.6. The highest BCUT2D eigenvalue weighted by molar-refractivity contribution is 7.13. The van der Waals surface area contributed by atoms with Crippen molar-refractivity contribution in [1.82, 2.24) is 24.8 Å². The van der Waals surface area contributed by atoms with Crippen LogP contribution in [0.15, 0.2) is 52.8 Å². The zero-order chi connectivity index (χ0) is 32.5. The van der Waals surface area contributed by atoms with Crippen LogP contribution in [0.3, 0.4) is 0 Å². The fourth-order valence-corrected chi connectivity index (χ4v) is 6.31. The zero-order valence-electron chi connectivity index (χ0n) is 25.2. The molecule has 13 heteroatoms. The van der Waals surface area contributed by atoms with E-state index in [1.165, 1.54) is 10.6 Å². The third kappa shape index (κ3) is 7.08. The van der Waals surface area contributed by atoms with Crippen molar-refractivity contribution < 1.29 is 22.7 Å². The molecule has 1 amide bonds. The average molecular weight is 660 g/mol. The Morgan fingerprint density at radius 2 is 2.00 bits per heavy atom. The molecular weight excluding hydrogens is 627 g/mol. The van der Waals surface area contributed by atoms with E-state index in [1.807, 2.05) is 27.7 Å². The van der Waals surface area contributed by atoms with Crippen LogP contribution in [0.1, 0.15) is 49.4 Å². The van der Waals surface area contributed by atoms with Crippen LogP contribution >= 0.6 is 22.9 Å². The fourth-order valence-electron chi connectivity index (χ4n) is 5.31. The Balaban J connectivity index is 1.73. The van der Waals surface area contributed by atoms with Gasteiger partial charge >= 0.3 is 6.18 Å². The van der Waals surface area contributed by atoms with E-state index < -0.39 is 17.4 Å². The lowest BCUT2D eigenvalue weighted by Crippen LogP contribution is -2.51. The minimum absolute atomic E-state index is 0.0864. The van der Waals surface area contributed by atoms with E-state index in [4.69, 9.17) is 16.3 Å². The Bertz CT molecular complexity index is 1750. The number of hydrogen-bond acceptors (Lipinski definition) is 7. The molecule has 3 aromatic heterocycles. The molecule has 1 saturated heterocycles. The molecule has 4 heterocycles. The number of carbonyl (C=O) groups is 1. The van der Waals surface area contributed by atoms with Crippen molar-refractivity contribution in [2.24, 2.45) is 5.92 Å². The number of pyridine rings is 2. The SMILES string of the molecule is CCOc1ccc(Cl)cc1-n1c(CC(C)C)c(C(=O)N2CCN[C@@H](C)C2)cc(-c2nc(-c3ccc(C(F)(F)F)nc3)cs2)c1=O. The lowest BCUT2D eigenvalue weighted by molar-refractivity contribution is -0.141. The first-order valence-electron chi connectivity index (χ1n) is 14.6. The number of carbonyl (C=O) groups excluding carboxylic acids is 1. The summed E-state index contributed by atoms with van der Waals surface area (Å²) in [5.41, 5.74) is 0.750. The van der Waals surface area contributed by atoms with E-state index in [0.717, 1.165) is 23.6 Å². The first-order valence-corrected chi connectivity index (χ1v) is 15.9. The second-order valence-corrected chi connectivity index (χ2v) is 12.6. The number of nitrogens with one attached hydrogen (secondary N) is 1. The summed E-state index contributed by atoms with van der Waals surface area (Å²) in [6, 6.07) is 8.89. The summed E-state index contributed by atoms with van der Waals surface area (Å²) in [5.74, 6) is 0.303. The van der Waals surface area contributed by atoms with Gasteiger partial charge in [0, 0.05) is 53.5 Å². The van der Waals surface area contributed by atoms with E-state index in [9.17, 15) is 22.8 Å². The number of piperazine rings is 1. The van der Waals surface area contributed by atoms with Crippen LogP contribution in [-0.2, 0) is 12.6 Å². The maximum Gasteiger partial charge on any atom is 0.433 e. The third-order valence-corrected chi connectivity index (χ3v) is 8.45. The molecule has 0 bridgehead atoms. The van der Waals surface area contributed by atoms with Gasteiger partial charge in [0.25, 0.3) is 11.5 Å². The molecule has 1 aliphatic heterocycles. The maximum absolute atomic E-state index is 14.5. The van der Waals surface area contributed by atoms with Crippen LogP contribution in [0.25, 0.3) is 27.5 Å². The molecule has 4 aromatic rings. The van der Waals surface area contributed by atoms with Crippen LogP contribution in [0, 0.1) is 5.92 Å². The third-order valence-electron chi connectivity index (χ3n) is 7.34. The molecule has 0 spiro atoms. The molecule has 0 unspecified atom stereocenters. The molecule has 1 N–H and O–H groups in total. The van der Waals surface area contributed by atoms with Gasteiger partial charge in [-0.1, -0.05) is 25.4 Å². The lowest BCUT2D eigenvalue weighted by atomic mass is 9.99. The van der Waals surface area contributed by atoms with Crippen molar-refractivity contribution in [3.8, 4) is 33.3 Å². The predicted molar refractivity (Wildman–Crippen MR) is 169 cm³/mol. The van der Waals surface area contributed by atoms with Crippen molar-refractivity contribution in [3.05, 3.63) is 80.3 Å². The molecule has 1 aromatic carbocycles. The van der Waals surface area contributed by atoms with Crippen molar-refractivity contribution in [3.63, 3.8) is 0 Å². The number of nitrogens with zero attached hydrogens (tertiary/aromatic N) is 4. The number of halogens is 4. The number of aromatic nitrogens is 3. The van der Waals surface area contributed by atoms with Crippen molar-refractivity contribution in [2.45, 2.75) is 46.3 Å². The average Bonchev–Trinajstić information content (AvgIpc) is 3.48. The number of ether oxygens (including phenoxy) is 1. The number of hydrogen-bond donors (Lipinski definition) is 1. The van der Waals surface area contributed by atoms with Crippen LogP contribution in [0.5, 0.6) is 5.75 Å². The van der Waals surface area contributed by atoms with Crippen molar-refractivity contribution in [2.75, 3.05) is 26.2 Å². The molecule has 1 aliphatic rings. The van der Waals surface area contributed by atoms with Gasteiger partial charge in [0.2, 0.25) is 0 Å². The van der Waals surface area contributed by atoms with Crippen LogP contribution < -0.4 is 15.6 Å². The first-order chi connectivity index (χ1) is 21.4. The number of amides is 1. The van der Waals surface area contributed by atoms with E-state index in [0.29, 0.717) is 76.6 Å². The second kappa shape index (κ2) is 13.3. The number of rotatable bonds is 8. The Kier molecular flexibility index (Phi) is 9.66. The normalized spacial score (nSPS) is 15.5. The number of benzene rings is 1. The summed E-state index contributed by atoms with van der Waals surface area (Å²) in [5, 5.41) is 5.69. The highest BCUT2D eigenvalue weighted by Crippen LogP contribution is 2.34. The Hall–Kier alpha value is -3.74. The number of thiazole rings is 1. The summed E-state index contributed by atoms with van der Waals surface area (Å²) >= 11 is 7.60. The van der Waals surface area contributed by atoms with E-state index >= 15 is 0 Å². The lowest BCUT2D eigenvalue weighted by Gasteiger charge is -2.33. The molecule has 0 radical (unpaired) electrons. The van der Waals surface area contributed by atoms with Gasteiger partial charge in [-0.2, -0.15) is 13.2 Å². The van der Waals surface area contributed by atoms with Gasteiger partial charge < -0.3 is 15.0 Å². The Morgan fingerprint density at radius 1 is 1.22 bits per heavy atom. The number of alkyl halides is 3. The molecule has 1 atom stereocenters. The minimum Gasteiger partial charge on any atom is -0.492 e. The Morgan fingerprint density at radius 3 is 2.64 bits per heavy atom. The van der Waals surface area contributed by atoms with Gasteiger partial charge in [-0.05, 0) is 62.6 Å². The van der Waals surface area contributed by atoms with Gasteiger partial charge in [-0.3, -0.25) is 19.1 Å². The highest BCUT2D eigenvalue weighted by atomic mass is 35.5. The van der Waals surface area contributed by atoms with Crippen LogP contribution in [0.2, 0.25) is 5.02 Å². The Labute approximate surface area is 267 Å². The molecule has 45 heavy (non-hydrogen) atoms. The topological polar surface area (TPSA) is 89.3 Å². The zero-order valence-corrected chi connectivity index (χ0v) is 26.8. The minimum atomic E-state index is -4.57. The van der Waals surface area contributed by atoms with Crippen molar-refractivity contribution in [1.29, 1.82) is 0 Å². The van der Waals surface area contributed by atoms with Crippen LogP contribution in [-0.4, -0.2) is 57.6 Å².